The molecule has 0 saturated heterocycles. The number of amides is 1. The minimum absolute atomic E-state index is 0.0180. The molecule has 5 rings (SSSR count). The highest BCUT2D eigenvalue weighted by atomic mass is 19.4. The van der Waals surface area contributed by atoms with Gasteiger partial charge >= 0.3 is 30.9 Å². The van der Waals surface area contributed by atoms with Gasteiger partial charge in [-0.3, -0.25) is 14.4 Å². The summed E-state index contributed by atoms with van der Waals surface area (Å²) in [6, 6.07) is 8.10. The lowest BCUT2D eigenvalue weighted by molar-refractivity contribution is -0.253. The molecule has 0 unspecified atom stereocenters. The fourth-order valence-corrected chi connectivity index (χ4v) is 7.23. The minimum Gasteiger partial charge on any atom is -0.469 e. The number of ether oxygens (including phenoxy) is 2. The predicted molar refractivity (Wildman–Crippen MR) is 190 cm³/mol. The first-order chi connectivity index (χ1) is 28.4. The normalized spacial score (nSPS) is 17.1. The second kappa shape index (κ2) is 18.2. The number of esters is 1. The average molecular weight is 880 g/mol. The maximum Gasteiger partial charge on any atom is 0.461 e. The van der Waals surface area contributed by atoms with Gasteiger partial charge in [-0.15, -0.1) is 0 Å². The molecule has 1 fully saturated rings. The fourth-order valence-electron chi connectivity index (χ4n) is 7.23. The number of methoxy groups -OCH3 is 1. The Bertz CT molecular complexity index is 2230. The van der Waals surface area contributed by atoms with E-state index in [1.807, 2.05) is 0 Å². The van der Waals surface area contributed by atoms with Gasteiger partial charge in [0.2, 0.25) is 0 Å². The van der Waals surface area contributed by atoms with Crippen molar-refractivity contribution in [2.45, 2.75) is 75.4 Å². The van der Waals surface area contributed by atoms with Crippen LogP contribution in [-0.2, 0) is 33.8 Å². The largest absolute Gasteiger partial charge is 0.469 e. The highest BCUT2D eigenvalue weighted by Gasteiger charge is 2.46. The van der Waals surface area contributed by atoms with E-state index in [1.54, 1.807) is 0 Å². The third-order valence-corrected chi connectivity index (χ3v) is 10.4. The lowest BCUT2D eigenvalue weighted by Crippen LogP contribution is -2.49. The van der Waals surface area contributed by atoms with Crippen LogP contribution in [0, 0.1) is 29.3 Å². The molecular formula is C42H34F13NO5. The molecule has 0 spiro atoms. The first-order valence-electron chi connectivity index (χ1n) is 18.4. The van der Waals surface area contributed by atoms with Gasteiger partial charge in [-0.1, -0.05) is 30.3 Å². The van der Waals surface area contributed by atoms with E-state index in [9.17, 15) is 67.1 Å². The second-order valence-corrected chi connectivity index (χ2v) is 14.5. The summed E-state index contributed by atoms with van der Waals surface area (Å²) >= 11 is 0. The first kappa shape index (κ1) is 46.4. The van der Waals surface area contributed by atoms with Gasteiger partial charge in [0.15, 0.2) is 5.78 Å². The fraction of sp³-hybridized carbons (Fsp3) is 0.357. The Hall–Kier alpha value is -5.62. The van der Waals surface area contributed by atoms with Crippen molar-refractivity contribution >= 4 is 17.7 Å². The van der Waals surface area contributed by atoms with E-state index in [-0.39, 0.29) is 71.5 Å². The van der Waals surface area contributed by atoms with Crippen LogP contribution >= 0.6 is 0 Å². The Morgan fingerprint density at radius 1 is 0.705 bits per heavy atom. The molecule has 1 saturated carbocycles. The molecule has 0 aliphatic heterocycles. The predicted octanol–water partition coefficient (Wildman–Crippen LogP) is 11.2. The molecule has 1 amide bonds. The summed E-state index contributed by atoms with van der Waals surface area (Å²) in [5, 5.41) is 2.20. The lowest BCUT2D eigenvalue weighted by atomic mass is 9.76. The lowest BCUT2D eigenvalue weighted by Gasteiger charge is -2.37. The molecule has 1 atom stereocenters. The molecule has 4 aromatic carbocycles. The van der Waals surface area contributed by atoms with E-state index in [0.29, 0.717) is 56.4 Å². The molecule has 1 aliphatic carbocycles. The highest BCUT2D eigenvalue weighted by Crippen LogP contribution is 2.42. The number of hydrogen-bond acceptors (Lipinski definition) is 5. The standard InChI is InChI=1S/C42H34F13NO5/c1-60-37(59)25-9-2-22(3-10-25)6-15-35(57)24-7-4-23(5-8-24)21-39(27-12-14-34(45)32(19-27)41(51,52)53,28-17-29(43)20-30(18-28)61-42(54,55)38(46)47)56-36(58)26-11-13-33(44)31(16-26)40(48,49)50/h4-5,7-8,11-14,16-20,22,25,38H,2-3,6,9-10,15,21H2,1H3,(H,56,58)/t22?,25?,39-/m1/s1. The van der Waals surface area contributed by atoms with E-state index in [4.69, 9.17) is 4.74 Å². The van der Waals surface area contributed by atoms with Crippen LogP contribution in [-0.4, -0.2) is 37.3 Å². The van der Waals surface area contributed by atoms with Crippen LogP contribution in [0.4, 0.5) is 57.1 Å². The third kappa shape index (κ3) is 11.0. The van der Waals surface area contributed by atoms with Crippen molar-refractivity contribution in [3.05, 3.63) is 135 Å². The number of nitrogens with one attached hydrogen (secondary N) is 1. The number of rotatable bonds is 14. The molecule has 19 heteroatoms. The average Bonchev–Trinajstić information content (AvgIpc) is 3.18. The van der Waals surface area contributed by atoms with E-state index in [0.717, 1.165) is 0 Å². The van der Waals surface area contributed by atoms with Crippen LogP contribution in [0.15, 0.2) is 78.9 Å². The van der Waals surface area contributed by atoms with Gasteiger partial charge in [0.1, 0.15) is 23.2 Å². The molecule has 0 bridgehead atoms. The SMILES string of the molecule is COC(=O)C1CCC(CCC(=O)c2ccc(C[C@](NC(=O)c3ccc(F)c(C(F)(F)F)c3)(c3cc(F)cc(OC(F)(F)C(F)F)c3)c3ccc(F)c(C(F)(F)F)c3)cc2)CC1. The number of Topliss-reactive ketones (excluding diaryl/α,β-unsaturated/α-hetero) is 1. The topological polar surface area (TPSA) is 81.7 Å². The van der Waals surface area contributed by atoms with Crippen LogP contribution in [0.25, 0.3) is 0 Å². The second-order valence-electron chi connectivity index (χ2n) is 14.5. The van der Waals surface area contributed by atoms with Gasteiger partial charge in [-0.05, 0) is 97.2 Å². The van der Waals surface area contributed by atoms with Gasteiger partial charge in [0.25, 0.3) is 5.91 Å². The van der Waals surface area contributed by atoms with Crippen molar-refractivity contribution in [1.82, 2.24) is 5.32 Å². The maximum atomic E-state index is 15.3. The van der Waals surface area contributed by atoms with Crippen molar-refractivity contribution < 1.29 is 80.9 Å². The third-order valence-electron chi connectivity index (χ3n) is 10.4. The van der Waals surface area contributed by atoms with E-state index < -0.39 is 93.8 Å². The number of carbonyl (C=O) groups excluding carboxylic acids is 3. The van der Waals surface area contributed by atoms with Crippen LogP contribution in [0.3, 0.4) is 0 Å². The van der Waals surface area contributed by atoms with Gasteiger partial charge in [0, 0.05) is 30.0 Å². The molecule has 4 aromatic rings. The summed E-state index contributed by atoms with van der Waals surface area (Å²) in [7, 11) is 1.29. The monoisotopic (exact) mass is 879 g/mol. The molecule has 1 N–H and O–H groups in total. The molecule has 61 heavy (non-hydrogen) atoms. The summed E-state index contributed by atoms with van der Waals surface area (Å²) < 4.78 is 191. The minimum atomic E-state index is -5.45. The van der Waals surface area contributed by atoms with Crippen LogP contribution in [0.1, 0.15) is 87.1 Å². The maximum absolute atomic E-state index is 15.3. The summed E-state index contributed by atoms with van der Waals surface area (Å²) in [6.45, 7) is 0. The van der Waals surface area contributed by atoms with Gasteiger partial charge in [-0.25, -0.2) is 13.2 Å². The van der Waals surface area contributed by atoms with E-state index >= 15 is 4.39 Å². The van der Waals surface area contributed by atoms with Crippen LogP contribution < -0.4 is 10.1 Å². The Morgan fingerprint density at radius 3 is 1.85 bits per heavy atom. The van der Waals surface area contributed by atoms with Crippen molar-refractivity contribution in [1.29, 1.82) is 0 Å². The van der Waals surface area contributed by atoms with E-state index in [2.05, 4.69) is 10.1 Å². The molecule has 1 aliphatic rings. The van der Waals surface area contributed by atoms with Crippen LogP contribution in [0.2, 0.25) is 0 Å². The van der Waals surface area contributed by atoms with E-state index in [1.165, 1.54) is 31.4 Å². The zero-order valence-electron chi connectivity index (χ0n) is 31.6. The number of hydrogen-bond donors (Lipinski definition) is 1. The van der Waals surface area contributed by atoms with Gasteiger partial charge in [-0.2, -0.15) is 43.9 Å². The van der Waals surface area contributed by atoms with Crippen molar-refractivity contribution in [2.24, 2.45) is 11.8 Å². The molecule has 328 valence electrons. The zero-order valence-corrected chi connectivity index (χ0v) is 31.6. The number of carbonyl (C=O) groups is 3. The summed E-state index contributed by atoms with van der Waals surface area (Å²) in [4.78, 5) is 39.0. The summed E-state index contributed by atoms with van der Waals surface area (Å²) in [5.74, 6) is -8.95. The van der Waals surface area contributed by atoms with Gasteiger partial charge < -0.3 is 14.8 Å². The zero-order chi connectivity index (χ0) is 45.1. The number of halogens is 13. The summed E-state index contributed by atoms with van der Waals surface area (Å²) in [5.41, 5.74) is -9.13. The smallest absolute Gasteiger partial charge is 0.461 e. The Labute approximate surface area is 339 Å². The van der Waals surface area contributed by atoms with Crippen molar-refractivity contribution in [3.8, 4) is 5.75 Å². The molecule has 0 heterocycles. The molecule has 0 aromatic heterocycles. The van der Waals surface area contributed by atoms with Gasteiger partial charge in [0.05, 0.1) is 29.7 Å². The molecule has 6 nitrogen and oxygen atoms in total. The number of alkyl halides is 10. The molecular weight excluding hydrogens is 845 g/mol. The Kier molecular flexibility index (Phi) is 13.8. The quantitative estimate of drug-likeness (QED) is 0.0775. The van der Waals surface area contributed by atoms with Crippen LogP contribution in [0.5, 0.6) is 5.75 Å². The first-order valence-corrected chi connectivity index (χ1v) is 18.4. The highest BCUT2D eigenvalue weighted by molar-refractivity contribution is 5.96. The molecule has 0 radical (unpaired) electrons. The Balaban J connectivity index is 1.62. The summed E-state index contributed by atoms with van der Waals surface area (Å²) in [6.07, 6.45) is -18.4. The number of benzene rings is 4. The Morgan fingerprint density at radius 2 is 1.28 bits per heavy atom. The van der Waals surface area contributed by atoms with Crippen molar-refractivity contribution in [2.75, 3.05) is 7.11 Å². The number of ketones is 1. The van der Waals surface area contributed by atoms with Crippen molar-refractivity contribution in [3.63, 3.8) is 0 Å².